The van der Waals surface area contributed by atoms with Gasteiger partial charge in [-0.25, -0.2) is 4.85 Å². The average Bonchev–Trinajstić information content (AvgIpc) is 3.69. The minimum Gasteiger partial charge on any atom is -0.338 e. The van der Waals surface area contributed by atoms with Gasteiger partial charge >= 0.3 is 0 Å². The zero-order valence-corrected chi connectivity index (χ0v) is 44.5. The molecule has 0 atom stereocenters. The van der Waals surface area contributed by atoms with E-state index in [4.69, 9.17) is 6.57 Å². The Morgan fingerprint density at radius 3 is 1.19 bits per heavy atom. The molecule has 0 saturated heterocycles. The number of nitrogens with zero attached hydrogens (tertiary/aromatic N) is 4. The molecule has 79 heavy (non-hydrogen) atoms. The molecule has 0 N–H and O–H groups in total. The Labute approximate surface area is 464 Å². The van der Waals surface area contributed by atoms with Gasteiger partial charge in [0.15, 0.2) is 5.69 Å². The van der Waals surface area contributed by atoms with E-state index < -0.39 is 0 Å². The smallest absolute Gasteiger partial charge is 0.252 e. The summed E-state index contributed by atoms with van der Waals surface area (Å²) >= 11 is 0. The number of nitriles is 1. The summed E-state index contributed by atoms with van der Waals surface area (Å²) in [4.78, 5) is 9.10. The molecule has 2 heterocycles. The largest absolute Gasteiger partial charge is 0.338 e. The van der Waals surface area contributed by atoms with Crippen LogP contribution in [0.5, 0.6) is 0 Å². The molecular formula is C74H55BN4. The van der Waals surface area contributed by atoms with Gasteiger partial charge in [0.05, 0.1) is 18.2 Å². The van der Waals surface area contributed by atoms with E-state index in [1.54, 1.807) is 0 Å². The zero-order valence-electron chi connectivity index (χ0n) is 44.5. The van der Waals surface area contributed by atoms with E-state index in [2.05, 4.69) is 260 Å². The van der Waals surface area contributed by atoms with E-state index in [0.717, 1.165) is 33.6 Å². The normalized spacial score (nSPS) is 12.2. The van der Waals surface area contributed by atoms with Gasteiger partial charge in [0.2, 0.25) is 0 Å². The van der Waals surface area contributed by atoms with Crippen LogP contribution in [0.2, 0.25) is 0 Å². The topological polar surface area (TPSA) is 34.6 Å². The minimum absolute atomic E-state index is 0.143. The lowest BCUT2D eigenvalue weighted by Crippen LogP contribution is -2.62. The van der Waals surface area contributed by atoms with Crippen LogP contribution >= 0.6 is 0 Å². The van der Waals surface area contributed by atoms with Crippen molar-refractivity contribution in [2.45, 2.75) is 39.3 Å². The van der Waals surface area contributed by atoms with Gasteiger partial charge in [-0.2, -0.15) is 5.26 Å². The van der Waals surface area contributed by atoms with Crippen LogP contribution in [0.25, 0.3) is 71.6 Å². The first-order chi connectivity index (χ1) is 38.7. The predicted octanol–water partition coefficient (Wildman–Crippen LogP) is 17.2. The number of rotatable bonds is 10. The summed E-state index contributed by atoms with van der Waals surface area (Å²) < 4.78 is 0. The van der Waals surface area contributed by atoms with Crippen LogP contribution in [-0.4, -0.2) is 6.71 Å². The predicted molar refractivity (Wildman–Crippen MR) is 331 cm³/mol. The molecule has 0 spiro atoms. The number of hydrogen-bond acceptors (Lipinski definition) is 3. The second-order valence-corrected chi connectivity index (χ2v) is 21.8. The third-order valence-electron chi connectivity index (χ3n) is 16.1. The summed E-state index contributed by atoms with van der Waals surface area (Å²) in [5.74, 6) is 0. The van der Waals surface area contributed by atoms with Crippen molar-refractivity contribution in [3.8, 4) is 72.8 Å². The Morgan fingerprint density at radius 1 is 0.405 bits per heavy atom. The molecule has 11 aromatic rings. The van der Waals surface area contributed by atoms with E-state index in [-0.39, 0.29) is 12.1 Å². The average molecular weight is 1010 g/mol. The second-order valence-electron chi connectivity index (χ2n) is 21.8. The Morgan fingerprint density at radius 2 is 0.785 bits per heavy atom. The van der Waals surface area contributed by atoms with Crippen LogP contribution in [-0.2, 0) is 18.5 Å². The van der Waals surface area contributed by atoms with Gasteiger partial charge in [-0.3, -0.25) is 0 Å². The highest BCUT2D eigenvalue weighted by molar-refractivity contribution is 7.00. The van der Waals surface area contributed by atoms with Gasteiger partial charge in [0, 0.05) is 35.8 Å². The highest BCUT2D eigenvalue weighted by Crippen LogP contribution is 2.47. The molecule has 0 bridgehead atoms. The van der Waals surface area contributed by atoms with Crippen molar-refractivity contribution in [2.24, 2.45) is 0 Å². The van der Waals surface area contributed by atoms with Gasteiger partial charge in [-0.1, -0.05) is 233 Å². The standard InChI is InChI=1S/C74H55BN4/c1-74(2,3)59-45-71-73-72(46-59)79(49-66-63(53-26-13-7-14-27-53)35-20-36-64(66)54-28-15-8-16-29-54)70-44-58(56-31-18-32-60(42-56)77-4)38-40-68(70)75(73)67-39-37-57(55-30-17-21-50(41-55)47-76)43-69(67)78(71)48-65-61(51-22-9-5-10-23-51)33-19-34-62(65)52-24-11-6-12-25-52/h5-46H,48-49H2,1-3H3. The van der Waals surface area contributed by atoms with Crippen LogP contribution < -0.4 is 26.2 Å². The molecule has 4 nitrogen and oxygen atoms in total. The van der Waals surface area contributed by atoms with E-state index in [9.17, 15) is 5.26 Å². The molecule has 374 valence electrons. The van der Waals surface area contributed by atoms with Crippen LogP contribution in [0.1, 0.15) is 43.0 Å². The lowest BCUT2D eigenvalue weighted by atomic mass is 9.33. The maximum atomic E-state index is 10.1. The maximum Gasteiger partial charge on any atom is 0.252 e. The van der Waals surface area contributed by atoms with Crippen LogP contribution in [0, 0.1) is 17.9 Å². The Bertz CT molecular complexity index is 3830. The zero-order chi connectivity index (χ0) is 53.6. The molecule has 2 aliphatic heterocycles. The highest BCUT2D eigenvalue weighted by atomic mass is 15.2. The summed E-state index contributed by atoms with van der Waals surface area (Å²) in [5, 5.41) is 10.1. The maximum absolute atomic E-state index is 10.1. The van der Waals surface area contributed by atoms with E-state index in [1.165, 1.54) is 89.0 Å². The van der Waals surface area contributed by atoms with Gasteiger partial charge in [0.25, 0.3) is 6.71 Å². The summed E-state index contributed by atoms with van der Waals surface area (Å²) in [7, 11) is 0. The monoisotopic (exact) mass is 1010 g/mol. The van der Waals surface area contributed by atoms with Crippen molar-refractivity contribution < 1.29 is 0 Å². The molecule has 0 aliphatic carbocycles. The van der Waals surface area contributed by atoms with Crippen LogP contribution in [0.15, 0.2) is 255 Å². The third-order valence-corrected chi connectivity index (χ3v) is 16.1. The molecule has 0 amide bonds. The molecular weight excluding hydrogens is 956 g/mol. The van der Waals surface area contributed by atoms with E-state index in [1.807, 2.05) is 36.4 Å². The minimum atomic E-state index is -0.241. The molecule has 5 heteroatoms. The molecule has 11 aromatic carbocycles. The number of fused-ring (bicyclic) bond motifs is 4. The van der Waals surface area contributed by atoms with E-state index >= 15 is 0 Å². The summed E-state index contributed by atoms with van der Waals surface area (Å²) in [6.07, 6.45) is 0. The SMILES string of the molecule is [C-]#[N+]c1cccc(-c2ccc3c(c2)N(Cc2c(-c4ccccc4)cccc2-c2ccccc2)c2cc(C(C)(C)C)cc4c2B3c2ccc(-c3cccc(C#N)c3)cc2N4Cc2c(-c3ccccc3)cccc2-c2ccccc2)c1. The van der Waals surface area contributed by atoms with Crippen molar-refractivity contribution in [3.63, 3.8) is 0 Å². The molecule has 0 fully saturated rings. The third kappa shape index (κ3) is 8.96. The number of benzene rings is 11. The van der Waals surface area contributed by atoms with Crippen molar-refractivity contribution in [2.75, 3.05) is 9.80 Å². The quantitative estimate of drug-likeness (QED) is 0.101. The highest BCUT2D eigenvalue weighted by Gasteiger charge is 2.44. The van der Waals surface area contributed by atoms with Gasteiger partial charge < -0.3 is 9.80 Å². The van der Waals surface area contributed by atoms with Crippen molar-refractivity contribution in [1.82, 2.24) is 0 Å². The fraction of sp³-hybridized carbons (Fsp3) is 0.0811. The van der Waals surface area contributed by atoms with Gasteiger partial charge in [-0.15, -0.1) is 0 Å². The fourth-order valence-electron chi connectivity index (χ4n) is 12.2. The molecule has 0 aromatic heterocycles. The van der Waals surface area contributed by atoms with E-state index in [0.29, 0.717) is 24.3 Å². The Kier molecular flexibility index (Phi) is 12.5. The second kappa shape index (κ2) is 20.2. The molecule has 0 saturated carbocycles. The lowest BCUT2D eigenvalue weighted by molar-refractivity contribution is 0.590. The number of anilines is 4. The first kappa shape index (κ1) is 48.7. The Hall–Kier alpha value is -9.94. The van der Waals surface area contributed by atoms with Gasteiger partial charge in [0.1, 0.15) is 0 Å². The first-order valence-electron chi connectivity index (χ1n) is 27.2. The summed E-state index contributed by atoms with van der Waals surface area (Å²) in [6, 6.07) is 94.3. The van der Waals surface area contributed by atoms with Crippen molar-refractivity contribution in [1.29, 1.82) is 5.26 Å². The fourth-order valence-corrected chi connectivity index (χ4v) is 12.2. The van der Waals surface area contributed by atoms with Crippen molar-refractivity contribution in [3.05, 3.63) is 288 Å². The van der Waals surface area contributed by atoms with Gasteiger partial charge in [-0.05, 0) is 148 Å². The summed E-state index contributed by atoms with van der Waals surface area (Å²) in [5.41, 5.74) is 26.6. The molecule has 2 aliphatic rings. The molecule has 0 radical (unpaired) electrons. The number of hydrogen-bond donors (Lipinski definition) is 0. The Balaban J connectivity index is 1.12. The molecule has 13 rings (SSSR count). The summed E-state index contributed by atoms with van der Waals surface area (Å²) in [6.45, 7) is 16.0. The molecule has 0 unspecified atom stereocenters. The van der Waals surface area contributed by atoms with Crippen LogP contribution in [0.4, 0.5) is 28.4 Å². The van der Waals surface area contributed by atoms with Crippen LogP contribution in [0.3, 0.4) is 0 Å². The first-order valence-corrected chi connectivity index (χ1v) is 27.2. The van der Waals surface area contributed by atoms with Crippen molar-refractivity contribution >= 4 is 51.5 Å². The lowest BCUT2D eigenvalue weighted by Gasteiger charge is -2.46.